The zero-order valence-corrected chi connectivity index (χ0v) is 15.5. The first kappa shape index (κ1) is 16.9. The molecule has 1 heterocycles. The van der Waals surface area contributed by atoms with Crippen LogP contribution < -0.4 is 0 Å². The summed E-state index contributed by atoms with van der Waals surface area (Å²) in [7, 11) is 0. The van der Waals surface area contributed by atoms with Gasteiger partial charge in [-0.05, 0) is 29.8 Å². The molecular formula is C21H16ClN3S. The number of aromatic nitrogens is 3. The normalized spacial score (nSPS) is 10.8. The second-order valence-corrected chi connectivity index (χ2v) is 7.13. The molecule has 0 unspecified atom stereocenters. The second kappa shape index (κ2) is 7.77. The molecule has 5 heteroatoms. The molecule has 26 heavy (non-hydrogen) atoms. The summed E-state index contributed by atoms with van der Waals surface area (Å²) in [5.74, 6) is 1.64. The van der Waals surface area contributed by atoms with Crippen molar-refractivity contribution in [3.05, 3.63) is 95.5 Å². The minimum atomic E-state index is 0.747. The van der Waals surface area contributed by atoms with E-state index in [1.807, 2.05) is 77.5 Å². The summed E-state index contributed by atoms with van der Waals surface area (Å²) >= 11 is 7.57. The highest BCUT2D eigenvalue weighted by atomic mass is 35.5. The topological polar surface area (TPSA) is 30.7 Å². The van der Waals surface area contributed by atoms with Crippen LogP contribution in [-0.4, -0.2) is 14.8 Å². The third-order valence-electron chi connectivity index (χ3n) is 3.90. The smallest absolute Gasteiger partial charge is 0.209 e. The van der Waals surface area contributed by atoms with Crippen LogP contribution in [0.15, 0.2) is 90.1 Å². The molecule has 0 fully saturated rings. The lowest BCUT2D eigenvalue weighted by atomic mass is 10.2. The van der Waals surface area contributed by atoms with Crippen molar-refractivity contribution in [2.75, 3.05) is 0 Å². The highest BCUT2D eigenvalue weighted by Gasteiger charge is 2.13. The zero-order chi connectivity index (χ0) is 17.8. The predicted molar refractivity (Wildman–Crippen MR) is 108 cm³/mol. The molecule has 0 radical (unpaired) electrons. The van der Waals surface area contributed by atoms with Crippen molar-refractivity contribution in [3.8, 4) is 17.1 Å². The molecule has 0 saturated carbocycles. The van der Waals surface area contributed by atoms with Gasteiger partial charge in [0.15, 0.2) is 5.82 Å². The molecule has 0 bridgehead atoms. The Labute approximate surface area is 161 Å². The van der Waals surface area contributed by atoms with E-state index >= 15 is 0 Å². The van der Waals surface area contributed by atoms with E-state index in [0.717, 1.165) is 33.0 Å². The van der Waals surface area contributed by atoms with E-state index < -0.39 is 0 Å². The molecule has 0 atom stereocenters. The van der Waals surface area contributed by atoms with E-state index in [9.17, 15) is 0 Å². The number of hydrogen-bond acceptors (Lipinski definition) is 3. The van der Waals surface area contributed by atoms with Crippen molar-refractivity contribution in [1.29, 1.82) is 0 Å². The van der Waals surface area contributed by atoms with E-state index in [0.29, 0.717) is 0 Å². The largest absolute Gasteiger partial charge is 0.212 e. The van der Waals surface area contributed by atoms with Gasteiger partial charge in [-0.1, -0.05) is 84.0 Å². The summed E-state index contributed by atoms with van der Waals surface area (Å²) in [6.45, 7) is 0. The molecule has 0 aliphatic heterocycles. The highest BCUT2D eigenvalue weighted by molar-refractivity contribution is 7.98. The fourth-order valence-electron chi connectivity index (χ4n) is 2.61. The Morgan fingerprint density at radius 3 is 2.15 bits per heavy atom. The number of nitrogens with zero attached hydrogens (tertiary/aromatic N) is 3. The van der Waals surface area contributed by atoms with E-state index in [2.05, 4.69) is 12.1 Å². The Morgan fingerprint density at radius 2 is 1.46 bits per heavy atom. The van der Waals surface area contributed by atoms with Crippen molar-refractivity contribution in [2.45, 2.75) is 10.9 Å². The Kier molecular flexibility index (Phi) is 5.04. The number of rotatable bonds is 5. The van der Waals surface area contributed by atoms with Crippen LogP contribution in [0, 0.1) is 0 Å². The first-order chi connectivity index (χ1) is 12.8. The lowest BCUT2D eigenvalue weighted by Crippen LogP contribution is -1.99. The number of hydrogen-bond donors (Lipinski definition) is 0. The van der Waals surface area contributed by atoms with Crippen LogP contribution in [0.3, 0.4) is 0 Å². The van der Waals surface area contributed by atoms with Crippen LogP contribution in [0.5, 0.6) is 0 Å². The number of benzene rings is 3. The van der Waals surface area contributed by atoms with Crippen LogP contribution >= 0.6 is 23.4 Å². The minimum absolute atomic E-state index is 0.747. The Hall–Kier alpha value is -2.56. The summed E-state index contributed by atoms with van der Waals surface area (Å²) in [5.41, 5.74) is 3.23. The third kappa shape index (κ3) is 3.82. The predicted octanol–water partition coefficient (Wildman–Crippen LogP) is 5.88. The van der Waals surface area contributed by atoms with Crippen molar-refractivity contribution < 1.29 is 0 Å². The van der Waals surface area contributed by atoms with E-state index in [4.69, 9.17) is 21.7 Å². The van der Waals surface area contributed by atoms with Gasteiger partial charge in [0.25, 0.3) is 0 Å². The van der Waals surface area contributed by atoms with Gasteiger partial charge in [-0.2, -0.15) is 0 Å². The Morgan fingerprint density at radius 1 is 0.808 bits per heavy atom. The fraction of sp³-hybridized carbons (Fsp3) is 0.0476. The van der Waals surface area contributed by atoms with Gasteiger partial charge < -0.3 is 0 Å². The molecule has 0 saturated heterocycles. The van der Waals surface area contributed by atoms with E-state index in [1.165, 1.54) is 5.56 Å². The Balaban J connectivity index is 1.66. The van der Waals surface area contributed by atoms with Gasteiger partial charge in [0.2, 0.25) is 5.16 Å². The lowest BCUT2D eigenvalue weighted by Gasteiger charge is -2.05. The summed E-state index contributed by atoms with van der Waals surface area (Å²) in [4.78, 5) is 4.78. The first-order valence-electron chi connectivity index (χ1n) is 8.25. The van der Waals surface area contributed by atoms with Gasteiger partial charge in [-0.15, -0.1) is 5.10 Å². The zero-order valence-electron chi connectivity index (χ0n) is 13.9. The molecule has 3 aromatic carbocycles. The van der Waals surface area contributed by atoms with Crippen LogP contribution in [0.4, 0.5) is 0 Å². The van der Waals surface area contributed by atoms with Gasteiger partial charge in [0.05, 0.1) is 5.69 Å². The maximum Gasteiger partial charge on any atom is 0.209 e. The molecule has 0 amide bonds. The van der Waals surface area contributed by atoms with Crippen molar-refractivity contribution in [1.82, 2.24) is 14.8 Å². The van der Waals surface area contributed by atoms with E-state index in [-0.39, 0.29) is 0 Å². The molecule has 4 rings (SSSR count). The van der Waals surface area contributed by atoms with Crippen molar-refractivity contribution >= 4 is 23.4 Å². The molecule has 0 aliphatic carbocycles. The molecule has 3 nitrogen and oxygen atoms in total. The fourth-order valence-corrected chi connectivity index (χ4v) is 3.51. The molecule has 128 valence electrons. The van der Waals surface area contributed by atoms with Crippen LogP contribution in [0.2, 0.25) is 5.02 Å². The van der Waals surface area contributed by atoms with Gasteiger partial charge in [0, 0.05) is 16.3 Å². The summed E-state index contributed by atoms with van der Waals surface area (Å²) in [6.07, 6.45) is 0. The van der Waals surface area contributed by atoms with Gasteiger partial charge in [-0.25, -0.2) is 9.67 Å². The average molecular weight is 378 g/mol. The Bertz CT molecular complexity index is 926. The molecule has 0 spiro atoms. The summed E-state index contributed by atoms with van der Waals surface area (Å²) < 4.78 is 1.90. The summed E-state index contributed by atoms with van der Waals surface area (Å²) in [5, 5.41) is 6.23. The highest BCUT2D eigenvalue weighted by Crippen LogP contribution is 2.26. The molecule has 1 aromatic heterocycles. The second-order valence-electron chi connectivity index (χ2n) is 5.75. The van der Waals surface area contributed by atoms with Gasteiger partial charge in [-0.3, -0.25) is 0 Å². The maximum atomic E-state index is 5.95. The molecule has 0 N–H and O–H groups in total. The van der Waals surface area contributed by atoms with Crippen LogP contribution in [0.1, 0.15) is 5.56 Å². The standard InChI is InChI=1S/C21H16ClN3S/c22-18-13-11-16(12-14-18)15-26-21-23-20(17-7-3-1-4-8-17)25(24-21)19-9-5-2-6-10-19/h1-14H,15H2. The lowest BCUT2D eigenvalue weighted by molar-refractivity contribution is 0.839. The SMILES string of the molecule is Clc1ccc(CSc2nc(-c3ccccc3)n(-c3ccccc3)n2)cc1. The first-order valence-corrected chi connectivity index (χ1v) is 9.61. The number of thioether (sulfide) groups is 1. The van der Waals surface area contributed by atoms with Crippen LogP contribution in [0.25, 0.3) is 17.1 Å². The van der Waals surface area contributed by atoms with E-state index in [1.54, 1.807) is 11.8 Å². The number of halogens is 1. The quantitative estimate of drug-likeness (QED) is 0.407. The van der Waals surface area contributed by atoms with Crippen molar-refractivity contribution in [3.63, 3.8) is 0 Å². The molecule has 0 aliphatic rings. The summed E-state index contributed by atoms with van der Waals surface area (Å²) in [6, 6.07) is 28.1. The van der Waals surface area contributed by atoms with Crippen molar-refractivity contribution in [2.24, 2.45) is 0 Å². The average Bonchev–Trinajstić information content (AvgIpc) is 3.13. The maximum absolute atomic E-state index is 5.95. The molecule has 4 aromatic rings. The molecular weight excluding hydrogens is 362 g/mol. The number of para-hydroxylation sites is 1. The third-order valence-corrected chi connectivity index (χ3v) is 5.06. The van der Waals surface area contributed by atoms with Gasteiger partial charge >= 0.3 is 0 Å². The van der Waals surface area contributed by atoms with Crippen LogP contribution in [-0.2, 0) is 5.75 Å². The van der Waals surface area contributed by atoms with Gasteiger partial charge in [0.1, 0.15) is 0 Å². The minimum Gasteiger partial charge on any atom is -0.212 e. The monoisotopic (exact) mass is 377 g/mol.